The molecule has 0 unspecified atom stereocenters. The Morgan fingerprint density at radius 1 is 1.21 bits per heavy atom. The normalized spacial score (nSPS) is 12.2. The SMILES string of the molecule is CC(=O)Nc1ccc(S(=O)(=O)NCCC(=O)N[C@@H](Cc2cnc[nH]2)C(=O)O)cc1. The van der Waals surface area contributed by atoms with Gasteiger partial charge in [-0.2, -0.15) is 0 Å². The zero-order chi connectivity index (χ0) is 21.4. The van der Waals surface area contributed by atoms with Gasteiger partial charge in [0.25, 0.3) is 0 Å². The predicted molar refractivity (Wildman–Crippen MR) is 102 cm³/mol. The second kappa shape index (κ2) is 9.80. The quantitative estimate of drug-likeness (QED) is 0.354. The number of amides is 2. The summed E-state index contributed by atoms with van der Waals surface area (Å²) in [5.74, 6) is -2.11. The number of nitrogens with zero attached hydrogens (tertiary/aromatic N) is 1. The number of benzene rings is 1. The molecule has 0 fully saturated rings. The Morgan fingerprint density at radius 2 is 1.90 bits per heavy atom. The summed E-state index contributed by atoms with van der Waals surface area (Å²) in [7, 11) is -3.86. The van der Waals surface area contributed by atoms with Crippen molar-refractivity contribution < 1.29 is 27.9 Å². The van der Waals surface area contributed by atoms with Crippen molar-refractivity contribution in [1.82, 2.24) is 20.0 Å². The van der Waals surface area contributed by atoms with Gasteiger partial charge < -0.3 is 20.7 Å². The van der Waals surface area contributed by atoms with Crippen molar-refractivity contribution in [2.75, 3.05) is 11.9 Å². The van der Waals surface area contributed by atoms with E-state index in [-0.39, 0.29) is 30.2 Å². The molecule has 29 heavy (non-hydrogen) atoms. The van der Waals surface area contributed by atoms with Crippen LogP contribution in [0.3, 0.4) is 0 Å². The van der Waals surface area contributed by atoms with Crippen molar-refractivity contribution in [3.05, 3.63) is 42.5 Å². The molecule has 0 aliphatic rings. The number of aromatic amines is 1. The standard InChI is InChI=1S/C17H21N5O6S/c1-11(23)21-12-2-4-14(5-3-12)29(27,28)20-7-6-16(24)22-15(17(25)26)8-13-9-18-10-19-13/h2-5,9-10,15,20H,6-8H2,1H3,(H,18,19)(H,21,23)(H,22,24)(H,25,26)/t15-/m0/s1. The van der Waals surface area contributed by atoms with Crippen LogP contribution >= 0.6 is 0 Å². The van der Waals surface area contributed by atoms with Gasteiger partial charge in [0.05, 0.1) is 11.2 Å². The number of sulfonamides is 1. The molecule has 2 amide bonds. The van der Waals surface area contributed by atoms with Gasteiger partial charge in [0.2, 0.25) is 21.8 Å². The Morgan fingerprint density at radius 3 is 2.45 bits per heavy atom. The first-order chi connectivity index (χ1) is 13.7. The number of H-pyrrole nitrogens is 1. The second-order valence-electron chi connectivity index (χ2n) is 6.09. The van der Waals surface area contributed by atoms with Crippen molar-refractivity contribution in [2.45, 2.75) is 30.7 Å². The minimum Gasteiger partial charge on any atom is -0.480 e. The van der Waals surface area contributed by atoms with Crippen LogP contribution in [0.2, 0.25) is 0 Å². The largest absolute Gasteiger partial charge is 0.480 e. The lowest BCUT2D eigenvalue weighted by atomic mass is 10.1. The van der Waals surface area contributed by atoms with E-state index >= 15 is 0 Å². The number of hydrogen-bond donors (Lipinski definition) is 5. The first-order valence-corrected chi connectivity index (χ1v) is 10.0. The third-order valence-corrected chi connectivity index (χ3v) is 5.22. The van der Waals surface area contributed by atoms with Crippen LogP contribution in [0.15, 0.2) is 41.7 Å². The number of nitrogens with one attached hydrogen (secondary N) is 4. The fourth-order valence-corrected chi connectivity index (χ4v) is 3.42. The molecule has 1 aromatic carbocycles. The molecule has 2 rings (SSSR count). The fourth-order valence-electron chi connectivity index (χ4n) is 2.39. The molecule has 1 heterocycles. The number of carboxylic acid groups (broad SMARTS) is 1. The van der Waals surface area contributed by atoms with Gasteiger partial charge in [-0.3, -0.25) is 9.59 Å². The van der Waals surface area contributed by atoms with E-state index in [1.165, 1.54) is 43.7 Å². The number of carboxylic acids is 1. The molecule has 11 nitrogen and oxygen atoms in total. The van der Waals surface area contributed by atoms with E-state index in [1.807, 2.05) is 0 Å². The number of hydrogen-bond acceptors (Lipinski definition) is 6. The smallest absolute Gasteiger partial charge is 0.326 e. The lowest BCUT2D eigenvalue weighted by Gasteiger charge is -2.14. The predicted octanol–water partition coefficient (Wildman–Crippen LogP) is -0.151. The summed E-state index contributed by atoms with van der Waals surface area (Å²) >= 11 is 0. The van der Waals surface area contributed by atoms with E-state index < -0.39 is 27.9 Å². The van der Waals surface area contributed by atoms with Crippen molar-refractivity contribution in [1.29, 1.82) is 0 Å². The Kier molecular flexibility index (Phi) is 7.45. The Labute approximate surface area is 167 Å². The molecular formula is C17H21N5O6S. The molecule has 5 N–H and O–H groups in total. The van der Waals surface area contributed by atoms with E-state index in [9.17, 15) is 27.9 Å². The van der Waals surface area contributed by atoms with Gasteiger partial charge in [0.15, 0.2) is 0 Å². The van der Waals surface area contributed by atoms with E-state index in [0.717, 1.165) is 0 Å². The first kappa shape index (κ1) is 22.0. The van der Waals surface area contributed by atoms with Crippen molar-refractivity contribution >= 4 is 33.5 Å². The van der Waals surface area contributed by atoms with Crippen LogP contribution in [0.25, 0.3) is 0 Å². The summed E-state index contributed by atoms with van der Waals surface area (Å²) in [6.07, 6.45) is 2.63. The average Bonchev–Trinajstić information content (AvgIpc) is 3.14. The summed E-state index contributed by atoms with van der Waals surface area (Å²) in [6, 6.07) is 4.35. The summed E-state index contributed by atoms with van der Waals surface area (Å²) in [6.45, 7) is 1.12. The molecule has 2 aromatic rings. The molecular weight excluding hydrogens is 402 g/mol. The van der Waals surface area contributed by atoms with E-state index in [4.69, 9.17) is 0 Å². The maximum atomic E-state index is 12.3. The minimum atomic E-state index is -3.86. The molecule has 12 heteroatoms. The molecule has 0 bridgehead atoms. The number of carbonyl (C=O) groups is 3. The third-order valence-electron chi connectivity index (χ3n) is 3.74. The Hall–Kier alpha value is -3.25. The van der Waals surface area contributed by atoms with Crippen molar-refractivity contribution in [2.24, 2.45) is 0 Å². The molecule has 0 saturated carbocycles. The molecule has 1 atom stereocenters. The minimum absolute atomic E-state index is 0.0213. The maximum absolute atomic E-state index is 12.3. The van der Waals surface area contributed by atoms with Gasteiger partial charge in [-0.15, -0.1) is 0 Å². The molecule has 0 aliphatic heterocycles. The summed E-state index contributed by atoms with van der Waals surface area (Å²) in [5, 5.41) is 14.1. The number of aliphatic carboxylic acids is 1. The van der Waals surface area contributed by atoms with Crippen LogP contribution in [0.1, 0.15) is 19.0 Å². The van der Waals surface area contributed by atoms with Gasteiger partial charge in [0.1, 0.15) is 6.04 Å². The zero-order valence-corrected chi connectivity index (χ0v) is 16.3. The van der Waals surface area contributed by atoms with Crippen LogP contribution in [0.5, 0.6) is 0 Å². The summed E-state index contributed by atoms with van der Waals surface area (Å²) in [5.41, 5.74) is 0.994. The van der Waals surface area contributed by atoms with Crippen LogP contribution < -0.4 is 15.4 Å². The highest BCUT2D eigenvalue weighted by Crippen LogP contribution is 2.13. The van der Waals surface area contributed by atoms with Crippen LogP contribution in [-0.2, 0) is 30.8 Å². The van der Waals surface area contributed by atoms with Gasteiger partial charge in [-0.1, -0.05) is 0 Å². The summed E-state index contributed by atoms with van der Waals surface area (Å²) in [4.78, 5) is 40.8. The number of anilines is 1. The van der Waals surface area contributed by atoms with Gasteiger partial charge in [0, 0.05) is 43.9 Å². The van der Waals surface area contributed by atoms with Crippen LogP contribution in [-0.4, -0.2) is 53.9 Å². The van der Waals surface area contributed by atoms with E-state index in [1.54, 1.807) is 0 Å². The topological polar surface area (TPSA) is 170 Å². The van der Waals surface area contributed by atoms with Gasteiger partial charge in [-0.05, 0) is 24.3 Å². The molecule has 0 spiro atoms. The Bertz CT molecular complexity index is 957. The van der Waals surface area contributed by atoms with Gasteiger partial charge >= 0.3 is 5.97 Å². The highest BCUT2D eigenvalue weighted by Gasteiger charge is 2.21. The monoisotopic (exact) mass is 423 g/mol. The number of imidazole rings is 1. The molecule has 1 aromatic heterocycles. The lowest BCUT2D eigenvalue weighted by molar-refractivity contribution is -0.141. The zero-order valence-electron chi connectivity index (χ0n) is 15.5. The number of carbonyl (C=O) groups excluding carboxylic acids is 2. The van der Waals surface area contributed by atoms with Gasteiger partial charge in [-0.25, -0.2) is 22.9 Å². The van der Waals surface area contributed by atoms with E-state index in [0.29, 0.717) is 11.4 Å². The number of aromatic nitrogens is 2. The van der Waals surface area contributed by atoms with Crippen LogP contribution in [0.4, 0.5) is 5.69 Å². The molecule has 0 aliphatic carbocycles. The molecule has 0 saturated heterocycles. The van der Waals surface area contributed by atoms with Crippen molar-refractivity contribution in [3.63, 3.8) is 0 Å². The first-order valence-electron chi connectivity index (χ1n) is 8.54. The van der Waals surface area contributed by atoms with Crippen LogP contribution in [0, 0.1) is 0 Å². The molecule has 0 radical (unpaired) electrons. The Balaban J connectivity index is 1.86. The summed E-state index contributed by atoms with van der Waals surface area (Å²) < 4.78 is 26.8. The highest BCUT2D eigenvalue weighted by molar-refractivity contribution is 7.89. The number of rotatable bonds is 10. The average molecular weight is 423 g/mol. The lowest BCUT2D eigenvalue weighted by Crippen LogP contribution is -2.43. The second-order valence-corrected chi connectivity index (χ2v) is 7.86. The maximum Gasteiger partial charge on any atom is 0.326 e. The molecule has 156 valence electrons. The third kappa shape index (κ3) is 7.01. The van der Waals surface area contributed by atoms with E-state index in [2.05, 4.69) is 25.3 Å². The van der Waals surface area contributed by atoms with Crippen molar-refractivity contribution in [3.8, 4) is 0 Å². The fraction of sp³-hybridized carbons (Fsp3) is 0.294. The highest BCUT2D eigenvalue weighted by atomic mass is 32.2.